The van der Waals surface area contributed by atoms with Gasteiger partial charge < -0.3 is 4.90 Å². The minimum atomic E-state index is 1.10. The summed E-state index contributed by atoms with van der Waals surface area (Å²) in [5.41, 5.74) is 13.0. The van der Waals surface area contributed by atoms with Crippen molar-refractivity contribution in [3.05, 3.63) is 224 Å². The maximum Gasteiger partial charge on any atom is 0.0540 e. The Morgan fingerprint density at radius 1 is 0.236 bits per heavy atom. The fourth-order valence-corrected chi connectivity index (χ4v) is 8.17. The van der Waals surface area contributed by atoms with E-state index in [-0.39, 0.29) is 0 Å². The molecule has 0 unspecified atom stereocenters. The largest absolute Gasteiger partial charge is 0.310 e. The summed E-state index contributed by atoms with van der Waals surface area (Å²) in [7, 11) is 0. The SMILES string of the molecule is c1ccc(-c2ccc(N(c3ccc(-c4cccc(-c5cc6ccccc6c6ccccc56)c4)cc3)c3ccc(-c4ccccc4)c4ccccc34)cc2)cc1. The van der Waals surface area contributed by atoms with Crippen LogP contribution in [0, 0.1) is 0 Å². The highest BCUT2D eigenvalue weighted by Crippen LogP contribution is 2.43. The van der Waals surface area contributed by atoms with Gasteiger partial charge in [0.15, 0.2) is 0 Å². The molecule has 0 fully saturated rings. The van der Waals surface area contributed by atoms with E-state index in [9.17, 15) is 0 Å². The Morgan fingerprint density at radius 2 is 0.709 bits per heavy atom. The second kappa shape index (κ2) is 14.0. The van der Waals surface area contributed by atoms with E-state index in [0.717, 1.165) is 17.1 Å². The predicted octanol–water partition coefficient (Wildman–Crippen LogP) is 15.3. The lowest BCUT2D eigenvalue weighted by Gasteiger charge is -2.28. The Balaban J connectivity index is 1.08. The zero-order valence-corrected chi connectivity index (χ0v) is 30.3. The van der Waals surface area contributed by atoms with Crippen LogP contribution in [0.5, 0.6) is 0 Å². The number of hydrogen-bond acceptors (Lipinski definition) is 1. The van der Waals surface area contributed by atoms with Crippen LogP contribution in [0.3, 0.4) is 0 Å². The van der Waals surface area contributed by atoms with Gasteiger partial charge in [-0.1, -0.05) is 182 Å². The van der Waals surface area contributed by atoms with E-state index in [1.54, 1.807) is 0 Å². The molecule has 10 aromatic rings. The molecule has 0 radical (unpaired) electrons. The number of anilines is 3. The number of rotatable bonds is 7. The van der Waals surface area contributed by atoms with Crippen molar-refractivity contribution in [1.29, 1.82) is 0 Å². The van der Waals surface area contributed by atoms with E-state index in [1.165, 1.54) is 76.8 Å². The van der Waals surface area contributed by atoms with Crippen molar-refractivity contribution in [3.8, 4) is 44.5 Å². The molecule has 0 saturated heterocycles. The van der Waals surface area contributed by atoms with Gasteiger partial charge in [0.2, 0.25) is 0 Å². The highest BCUT2D eigenvalue weighted by atomic mass is 15.1. The second-order valence-corrected chi connectivity index (χ2v) is 14.1. The van der Waals surface area contributed by atoms with Crippen LogP contribution < -0.4 is 4.90 Å². The van der Waals surface area contributed by atoms with Crippen LogP contribution in [0.15, 0.2) is 224 Å². The molecular weight excluding hydrogens is 663 g/mol. The summed E-state index contributed by atoms with van der Waals surface area (Å²) in [6.45, 7) is 0. The lowest BCUT2D eigenvalue weighted by atomic mass is 9.92. The Bertz CT molecular complexity index is 2950. The molecule has 0 aliphatic heterocycles. The van der Waals surface area contributed by atoms with Crippen LogP contribution in [0.25, 0.3) is 76.8 Å². The molecule has 0 aliphatic rings. The molecule has 55 heavy (non-hydrogen) atoms. The maximum atomic E-state index is 2.40. The van der Waals surface area contributed by atoms with Gasteiger partial charge in [-0.3, -0.25) is 0 Å². The van der Waals surface area contributed by atoms with Gasteiger partial charge in [0.25, 0.3) is 0 Å². The van der Waals surface area contributed by atoms with Crippen molar-refractivity contribution >= 4 is 49.4 Å². The van der Waals surface area contributed by atoms with Gasteiger partial charge >= 0.3 is 0 Å². The zero-order valence-electron chi connectivity index (χ0n) is 30.3. The van der Waals surface area contributed by atoms with Crippen molar-refractivity contribution in [2.45, 2.75) is 0 Å². The molecule has 0 saturated carbocycles. The molecule has 0 N–H and O–H groups in total. The van der Waals surface area contributed by atoms with Gasteiger partial charge in [-0.05, 0) is 114 Å². The number of benzene rings is 10. The van der Waals surface area contributed by atoms with Gasteiger partial charge in [0, 0.05) is 16.8 Å². The molecule has 258 valence electrons. The molecule has 0 heterocycles. The van der Waals surface area contributed by atoms with Gasteiger partial charge in [-0.25, -0.2) is 0 Å². The number of fused-ring (bicyclic) bond motifs is 4. The standard InChI is InChI=1S/C54H37N/c1-3-14-38(15-4-1)39-26-30-45(31-27-39)55(54-35-34-48(41-16-5-2-6-17-41)50-23-11-12-25-52(50)54)46-32-28-40(29-33-46)42-19-13-20-43(36-42)53-37-44-18-7-8-21-47(44)49-22-9-10-24-51(49)53/h1-37H. The Labute approximate surface area is 322 Å². The van der Waals surface area contributed by atoms with Crippen LogP contribution in [-0.4, -0.2) is 0 Å². The topological polar surface area (TPSA) is 3.24 Å². The first kappa shape index (κ1) is 32.4. The summed E-state index contributed by atoms with van der Waals surface area (Å²) in [5.74, 6) is 0. The molecule has 1 nitrogen and oxygen atoms in total. The summed E-state index contributed by atoms with van der Waals surface area (Å²) in [6.07, 6.45) is 0. The minimum Gasteiger partial charge on any atom is -0.310 e. The van der Waals surface area contributed by atoms with Crippen LogP contribution in [-0.2, 0) is 0 Å². The quantitative estimate of drug-likeness (QED) is 0.150. The average Bonchev–Trinajstić information content (AvgIpc) is 3.27. The van der Waals surface area contributed by atoms with E-state index in [0.29, 0.717) is 0 Å². The van der Waals surface area contributed by atoms with Crippen molar-refractivity contribution in [2.75, 3.05) is 4.90 Å². The molecule has 0 aliphatic carbocycles. The summed E-state index contributed by atoms with van der Waals surface area (Å²) in [5, 5.41) is 7.53. The monoisotopic (exact) mass is 699 g/mol. The lowest BCUT2D eigenvalue weighted by molar-refractivity contribution is 1.30. The first-order valence-corrected chi connectivity index (χ1v) is 18.9. The van der Waals surface area contributed by atoms with Crippen molar-refractivity contribution < 1.29 is 0 Å². The smallest absolute Gasteiger partial charge is 0.0540 e. The molecular formula is C54H37N. The maximum absolute atomic E-state index is 2.40. The zero-order chi connectivity index (χ0) is 36.6. The van der Waals surface area contributed by atoms with Gasteiger partial charge in [-0.2, -0.15) is 0 Å². The van der Waals surface area contributed by atoms with Gasteiger partial charge in [0.1, 0.15) is 0 Å². The lowest BCUT2D eigenvalue weighted by Crippen LogP contribution is -2.10. The first-order valence-electron chi connectivity index (χ1n) is 18.9. The molecule has 0 bridgehead atoms. The van der Waals surface area contributed by atoms with E-state index in [1.807, 2.05) is 0 Å². The molecule has 0 aromatic heterocycles. The van der Waals surface area contributed by atoms with Crippen molar-refractivity contribution in [1.82, 2.24) is 0 Å². The average molecular weight is 700 g/mol. The minimum absolute atomic E-state index is 1.10. The van der Waals surface area contributed by atoms with Crippen molar-refractivity contribution in [3.63, 3.8) is 0 Å². The summed E-state index contributed by atoms with van der Waals surface area (Å²) in [4.78, 5) is 2.40. The van der Waals surface area contributed by atoms with E-state index >= 15 is 0 Å². The number of nitrogens with zero attached hydrogens (tertiary/aromatic N) is 1. The highest BCUT2D eigenvalue weighted by Gasteiger charge is 2.18. The third-order valence-corrected chi connectivity index (χ3v) is 10.9. The Kier molecular flexibility index (Phi) is 8.24. The summed E-state index contributed by atoms with van der Waals surface area (Å²) >= 11 is 0. The van der Waals surface area contributed by atoms with Crippen LogP contribution in [0.1, 0.15) is 0 Å². The molecule has 0 atom stereocenters. The Hall–Kier alpha value is -7.22. The predicted molar refractivity (Wildman–Crippen MR) is 235 cm³/mol. The fourth-order valence-electron chi connectivity index (χ4n) is 8.17. The Morgan fingerprint density at radius 3 is 1.38 bits per heavy atom. The van der Waals surface area contributed by atoms with Crippen LogP contribution >= 0.6 is 0 Å². The number of hydrogen-bond donors (Lipinski definition) is 0. The first-order chi connectivity index (χ1) is 27.3. The molecule has 1 heteroatoms. The molecule has 10 aromatic carbocycles. The second-order valence-electron chi connectivity index (χ2n) is 14.1. The van der Waals surface area contributed by atoms with E-state index in [2.05, 4.69) is 229 Å². The van der Waals surface area contributed by atoms with Crippen molar-refractivity contribution in [2.24, 2.45) is 0 Å². The van der Waals surface area contributed by atoms with Gasteiger partial charge in [-0.15, -0.1) is 0 Å². The van der Waals surface area contributed by atoms with E-state index in [4.69, 9.17) is 0 Å². The van der Waals surface area contributed by atoms with Gasteiger partial charge in [0.05, 0.1) is 5.69 Å². The summed E-state index contributed by atoms with van der Waals surface area (Å²) in [6, 6.07) is 81.4. The van der Waals surface area contributed by atoms with Crippen LogP contribution in [0.4, 0.5) is 17.1 Å². The third kappa shape index (κ3) is 6.02. The molecule has 0 spiro atoms. The summed E-state index contributed by atoms with van der Waals surface area (Å²) < 4.78 is 0. The normalized spacial score (nSPS) is 11.3. The van der Waals surface area contributed by atoms with Crippen LogP contribution in [0.2, 0.25) is 0 Å². The van der Waals surface area contributed by atoms with E-state index < -0.39 is 0 Å². The molecule has 10 rings (SSSR count). The fraction of sp³-hybridized carbons (Fsp3) is 0. The molecule has 0 amide bonds. The third-order valence-electron chi connectivity index (χ3n) is 10.9. The highest BCUT2D eigenvalue weighted by molar-refractivity contribution is 6.14.